The molecule has 7 heteroatoms. The Hall–Kier alpha value is -1.89. The van der Waals surface area contributed by atoms with Crippen molar-refractivity contribution in [3.63, 3.8) is 0 Å². The van der Waals surface area contributed by atoms with E-state index in [1.165, 1.54) is 18.3 Å². The quantitative estimate of drug-likeness (QED) is 0.882. The number of benzene rings is 1. The number of halogens is 1. The van der Waals surface area contributed by atoms with Gasteiger partial charge in [0.2, 0.25) is 0 Å². The van der Waals surface area contributed by atoms with Crippen LogP contribution in [0.15, 0.2) is 30.5 Å². The van der Waals surface area contributed by atoms with Crippen molar-refractivity contribution in [1.29, 1.82) is 0 Å². The topological polar surface area (TPSA) is 75.3 Å². The monoisotopic (exact) mass is 298 g/mol. The molecular weight excluding hydrogens is 283 g/mol. The number of rotatable bonds is 3. The lowest BCUT2D eigenvalue weighted by atomic mass is 10.2. The third-order valence-electron chi connectivity index (χ3n) is 2.93. The maximum Gasteiger partial charge on any atom is 0.319 e. The zero-order chi connectivity index (χ0) is 14.6. The van der Waals surface area contributed by atoms with Crippen molar-refractivity contribution in [2.45, 2.75) is 12.5 Å². The van der Waals surface area contributed by atoms with E-state index in [2.05, 4.69) is 10.6 Å². The zero-order valence-electron chi connectivity index (χ0n) is 10.7. The summed E-state index contributed by atoms with van der Waals surface area (Å²) < 4.78 is 35.1. The highest BCUT2D eigenvalue weighted by Gasteiger charge is 2.28. The minimum Gasteiger partial charge on any atom is -0.334 e. The van der Waals surface area contributed by atoms with Gasteiger partial charge in [0.15, 0.2) is 9.84 Å². The number of hydrogen-bond donors (Lipinski definition) is 2. The molecule has 1 saturated heterocycles. The Labute approximate surface area is 116 Å². The number of sulfone groups is 1. The molecule has 1 fully saturated rings. The van der Waals surface area contributed by atoms with E-state index in [1.54, 1.807) is 18.2 Å². The molecule has 0 bridgehead atoms. The summed E-state index contributed by atoms with van der Waals surface area (Å²) in [6.07, 6.45) is 3.48. The second-order valence-corrected chi connectivity index (χ2v) is 6.83. The number of amides is 2. The van der Waals surface area contributed by atoms with E-state index in [9.17, 15) is 17.6 Å². The fourth-order valence-corrected chi connectivity index (χ4v) is 3.60. The van der Waals surface area contributed by atoms with Crippen LogP contribution in [-0.4, -0.2) is 32.0 Å². The van der Waals surface area contributed by atoms with E-state index < -0.39 is 15.9 Å². The van der Waals surface area contributed by atoms with Gasteiger partial charge in [0.05, 0.1) is 11.5 Å². The Morgan fingerprint density at radius 1 is 1.30 bits per heavy atom. The van der Waals surface area contributed by atoms with E-state index in [1.807, 2.05) is 0 Å². The van der Waals surface area contributed by atoms with Crippen molar-refractivity contribution in [2.24, 2.45) is 0 Å². The van der Waals surface area contributed by atoms with Crippen LogP contribution in [-0.2, 0) is 9.84 Å². The number of carbonyl (C=O) groups is 1. The van der Waals surface area contributed by atoms with Crippen molar-refractivity contribution in [3.05, 3.63) is 41.8 Å². The van der Waals surface area contributed by atoms with E-state index in [4.69, 9.17) is 0 Å². The minimum absolute atomic E-state index is 0.0118. The molecule has 0 aromatic heterocycles. The van der Waals surface area contributed by atoms with Gasteiger partial charge in [-0.15, -0.1) is 0 Å². The van der Waals surface area contributed by atoms with Gasteiger partial charge in [-0.3, -0.25) is 0 Å². The van der Waals surface area contributed by atoms with E-state index in [-0.39, 0.29) is 23.4 Å². The number of urea groups is 1. The second kappa shape index (κ2) is 6.04. The first-order valence-electron chi connectivity index (χ1n) is 6.14. The van der Waals surface area contributed by atoms with E-state index in [0.29, 0.717) is 6.42 Å². The Balaban J connectivity index is 1.79. The predicted molar refractivity (Wildman–Crippen MR) is 74.2 cm³/mol. The summed E-state index contributed by atoms with van der Waals surface area (Å²) >= 11 is 0. The predicted octanol–water partition coefficient (Wildman–Crippen LogP) is 1.28. The molecular formula is C13H15FN2O3S. The molecule has 0 radical (unpaired) electrons. The second-order valence-electron chi connectivity index (χ2n) is 4.60. The van der Waals surface area contributed by atoms with Crippen LogP contribution in [0, 0.1) is 5.82 Å². The van der Waals surface area contributed by atoms with Crippen molar-refractivity contribution in [1.82, 2.24) is 10.6 Å². The standard InChI is InChI=1S/C13H15FN2O3S/c14-11-3-1-10(2-4-11)5-7-15-13(17)16-12-6-8-20(18,19)9-12/h1-5,7,12H,6,8-9H2,(H2,15,16,17)/b7-5+. The molecule has 5 nitrogen and oxygen atoms in total. The highest BCUT2D eigenvalue weighted by atomic mass is 32.2. The first-order chi connectivity index (χ1) is 9.44. The summed E-state index contributed by atoms with van der Waals surface area (Å²) in [6.45, 7) is 0. The van der Waals surface area contributed by atoms with Gasteiger partial charge >= 0.3 is 6.03 Å². The molecule has 0 aliphatic carbocycles. The molecule has 1 unspecified atom stereocenters. The lowest BCUT2D eigenvalue weighted by Gasteiger charge is -2.09. The molecule has 1 aromatic carbocycles. The first kappa shape index (κ1) is 14.5. The number of carbonyl (C=O) groups excluding carboxylic acids is 1. The zero-order valence-corrected chi connectivity index (χ0v) is 11.5. The molecule has 1 aliphatic rings. The molecule has 2 amide bonds. The average molecular weight is 298 g/mol. The van der Waals surface area contributed by atoms with Gasteiger partial charge in [0.25, 0.3) is 0 Å². The SMILES string of the molecule is O=C(N/C=C/c1ccc(F)cc1)NC1CCS(=O)(=O)C1. The summed E-state index contributed by atoms with van der Waals surface area (Å²) in [5.41, 5.74) is 0.746. The molecule has 20 heavy (non-hydrogen) atoms. The summed E-state index contributed by atoms with van der Waals surface area (Å²) in [4.78, 5) is 11.5. The van der Waals surface area contributed by atoms with Crippen molar-refractivity contribution >= 4 is 21.9 Å². The molecule has 1 aliphatic heterocycles. The summed E-state index contributed by atoms with van der Waals surface area (Å²) in [6, 6.07) is 5.01. The Morgan fingerprint density at radius 3 is 2.60 bits per heavy atom. The third-order valence-corrected chi connectivity index (χ3v) is 4.70. The number of nitrogens with one attached hydrogen (secondary N) is 2. The maximum absolute atomic E-state index is 12.7. The average Bonchev–Trinajstić information content (AvgIpc) is 2.71. The first-order valence-corrected chi connectivity index (χ1v) is 7.96. The van der Waals surface area contributed by atoms with Crippen LogP contribution in [0.1, 0.15) is 12.0 Å². The Morgan fingerprint density at radius 2 is 2.00 bits per heavy atom. The van der Waals surface area contributed by atoms with Crippen molar-refractivity contribution in [2.75, 3.05) is 11.5 Å². The number of hydrogen-bond acceptors (Lipinski definition) is 3. The lowest BCUT2D eigenvalue weighted by Crippen LogP contribution is -2.40. The molecule has 1 aromatic rings. The van der Waals surface area contributed by atoms with Gasteiger partial charge in [-0.1, -0.05) is 12.1 Å². The molecule has 0 saturated carbocycles. The summed E-state index contributed by atoms with van der Waals surface area (Å²) in [5.74, 6) is -0.221. The van der Waals surface area contributed by atoms with Crippen LogP contribution in [0.2, 0.25) is 0 Å². The minimum atomic E-state index is -3.00. The molecule has 2 rings (SSSR count). The van der Waals surface area contributed by atoms with Gasteiger partial charge < -0.3 is 10.6 Å². The van der Waals surface area contributed by atoms with Gasteiger partial charge in [0, 0.05) is 12.2 Å². The lowest BCUT2D eigenvalue weighted by molar-refractivity contribution is 0.241. The normalized spacial score (nSPS) is 20.9. The highest BCUT2D eigenvalue weighted by molar-refractivity contribution is 7.91. The van der Waals surface area contributed by atoms with Crippen LogP contribution >= 0.6 is 0 Å². The maximum atomic E-state index is 12.7. The smallest absolute Gasteiger partial charge is 0.319 e. The van der Waals surface area contributed by atoms with Gasteiger partial charge in [-0.25, -0.2) is 17.6 Å². The fourth-order valence-electron chi connectivity index (χ4n) is 1.92. The van der Waals surface area contributed by atoms with Gasteiger partial charge in [0.1, 0.15) is 5.82 Å². The summed E-state index contributed by atoms with van der Waals surface area (Å²) in [7, 11) is -3.00. The van der Waals surface area contributed by atoms with E-state index >= 15 is 0 Å². The molecule has 108 valence electrons. The van der Waals surface area contributed by atoms with Crippen molar-refractivity contribution in [3.8, 4) is 0 Å². The fraction of sp³-hybridized carbons (Fsp3) is 0.308. The van der Waals surface area contributed by atoms with Crippen LogP contribution < -0.4 is 10.6 Å². The molecule has 1 heterocycles. The molecule has 1 atom stereocenters. The Bertz CT molecular complexity index is 611. The molecule has 2 N–H and O–H groups in total. The molecule has 0 spiro atoms. The van der Waals surface area contributed by atoms with Gasteiger partial charge in [-0.2, -0.15) is 0 Å². The van der Waals surface area contributed by atoms with Crippen LogP contribution in [0.5, 0.6) is 0 Å². The van der Waals surface area contributed by atoms with E-state index in [0.717, 1.165) is 5.56 Å². The highest BCUT2D eigenvalue weighted by Crippen LogP contribution is 2.10. The van der Waals surface area contributed by atoms with Crippen LogP contribution in [0.3, 0.4) is 0 Å². The van der Waals surface area contributed by atoms with Crippen LogP contribution in [0.4, 0.5) is 9.18 Å². The van der Waals surface area contributed by atoms with Crippen LogP contribution in [0.25, 0.3) is 6.08 Å². The largest absolute Gasteiger partial charge is 0.334 e. The summed E-state index contributed by atoms with van der Waals surface area (Å²) in [5, 5.41) is 5.07. The van der Waals surface area contributed by atoms with Gasteiger partial charge in [-0.05, 0) is 30.2 Å². The Kier molecular flexibility index (Phi) is 4.39. The third kappa shape index (κ3) is 4.34. The van der Waals surface area contributed by atoms with Crippen molar-refractivity contribution < 1.29 is 17.6 Å².